The van der Waals surface area contributed by atoms with E-state index in [-0.39, 0.29) is 11.9 Å². The standard InChI is InChI=1S/C18H25NO4/c1-12(2)9-11-23-15-6-4-14(5-7-15)17(20)19-10-8-16(13(19)3)18(21)22/h4-7,12-13,16H,8-11H2,1-3H3,(H,21,22). The average molecular weight is 319 g/mol. The van der Waals surface area contributed by atoms with Crippen molar-refractivity contribution < 1.29 is 19.4 Å². The molecule has 5 nitrogen and oxygen atoms in total. The molecule has 1 aromatic rings. The Morgan fingerprint density at radius 3 is 2.48 bits per heavy atom. The van der Waals surface area contributed by atoms with Crippen molar-refractivity contribution in [2.45, 2.75) is 39.7 Å². The van der Waals surface area contributed by atoms with Crippen LogP contribution in [0.15, 0.2) is 24.3 Å². The van der Waals surface area contributed by atoms with Crippen LogP contribution in [0, 0.1) is 11.8 Å². The van der Waals surface area contributed by atoms with E-state index >= 15 is 0 Å². The summed E-state index contributed by atoms with van der Waals surface area (Å²) < 4.78 is 5.64. The molecule has 2 rings (SSSR count). The number of amides is 1. The molecule has 0 bridgehead atoms. The molecule has 1 saturated heterocycles. The molecule has 0 aliphatic carbocycles. The summed E-state index contributed by atoms with van der Waals surface area (Å²) in [4.78, 5) is 25.3. The average Bonchev–Trinajstić information content (AvgIpc) is 2.89. The van der Waals surface area contributed by atoms with Crippen LogP contribution in [-0.4, -0.2) is 41.1 Å². The van der Waals surface area contributed by atoms with Crippen LogP contribution < -0.4 is 4.74 Å². The van der Waals surface area contributed by atoms with Gasteiger partial charge >= 0.3 is 5.97 Å². The molecule has 2 unspecified atom stereocenters. The Hall–Kier alpha value is -2.04. The summed E-state index contributed by atoms with van der Waals surface area (Å²) in [5.41, 5.74) is 0.569. The van der Waals surface area contributed by atoms with Crippen molar-refractivity contribution in [2.24, 2.45) is 11.8 Å². The van der Waals surface area contributed by atoms with Crippen LogP contribution in [0.25, 0.3) is 0 Å². The Labute approximate surface area is 137 Å². The van der Waals surface area contributed by atoms with Crippen molar-refractivity contribution in [2.75, 3.05) is 13.2 Å². The number of rotatable bonds is 6. The fourth-order valence-corrected chi connectivity index (χ4v) is 2.83. The van der Waals surface area contributed by atoms with E-state index in [4.69, 9.17) is 9.84 Å². The first-order valence-electron chi connectivity index (χ1n) is 8.16. The first-order chi connectivity index (χ1) is 10.9. The quantitative estimate of drug-likeness (QED) is 0.875. The topological polar surface area (TPSA) is 66.8 Å². The largest absolute Gasteiger partial charge is 0.494 e. The van der Waals surface area contributed by atoms with Gasteiger partial charge in [0.15, 0.2) is 0 Å². The highest BCUT2D eigenvalue weighted by Gasteiger charge is 2.38. The van der Waals surface area contributed by atoms with Crippen molar-refractivity contribution in [1.29, 1.82) is 0 Å². The van der Waals surface area contributed by atoms with E-state index < -0.39 is 11.9 Å². The molecule has 1 fully saturated rings. The Balaban J connectivity index is 1.96. The predicted molar refractivity (Wildman–Crippen MR) is 87.6 cm³/mol. The predicted octanol–water partition coefficient (Wildman–Crippen LogP) is 3.05. The number of hydrogen-bond donors (Lipinski definition) is 1. The first-order valence-corrected chi connectivity index (χ1v) is 8.16. The lowest BCUT2D eigenvalue weighted by molar-refractivity contribution is -0.142. The first kappa shape index (κ1) is 17.3. The van der Waals surface area contributed by atoms with Gasteiger partial charge in [-0.3, -0.25) is 9.59 Å². The van der Waals surface area contributed by atoms with E-state index in [0.717, 1.165) is 12.2 Å². The van der Waals surface area contributed by atoms with Crippen LogP contribution >= 0.6 is 0 Å². The molecule has 0 aromatic heterocycles. The van der Waals surface area contributed by atoms with Gasteiger partial charge in [-0.1, -0.05) is 13.8 Å². The number of nitrogens with zero attached hydrogens (tertiary/aromatic N) is 1. The molecule has 0 radical (unpaired) electrons. The molecular formula is C18H25NO4. The Morgan fingerprint density at radius 1 is 1.30 bits per heavy atom. The van der Waals surface area contributed by atoms with E-state index in [1.807, 2.05) is 0 Å². The number of hydrogen-bond acceptors (Lipinski definition) is 3. The molecule has 1 N–H and O–H groups in total. The Kier molecular flexibility index (Phi) is 5.64. The van der Waals surface area contributed by atoms with E-state index in [2.05, 4.69) is 13.8 Å². The van der Waals surface area contributed by atoms with Gasteiger partial charge in [0, 0.05) is 18.2 Å². The second-order valence-electron chi connectivity index (χ2n) is 6.53. The molecule has 126 valence electrons. The molecule has 1 aromatic carbocycles. The molecule has 1 amide bonds. The second kappa shape index (κ2) is 7.49. The monoisotopic (exact) mass is 319 g/mol. The van der Waals surface area contributed by atoms with Crippen LogP contribution in [0.5, 0.6) is 5.75 Å². The minimum Gasteiger partial charge on any atom is -0.494 e. The fourth-order valence-electron chi connectivity index (χ4n) is 2.83. The van der Waals surface area contributed by atoms with Gasteiger partial charge in [0.25, 0.3) is 5.91 Å². The van der Waals surface area contributed by atoms with Gasteiger partial charge in [-0.05, 0) is 49.9 Å². The van der Waals surface area contributed by atoms with Crippen LogP contribution in [-0.2, 0) is 4.79 Å². The third kappa shape index (κ3) is 4.24. The summed E-state index contributed by atoms with van der Waals surface area (Å²) in [5, 5.41) is 9.16. The minimum atomic E-state index is -0.832. The maximum atomic E-state index is 12.5. The van der Waals surface area contributed by atoms with Crippen molar-refractivity contribution in [3.63, 3.8) is 0 Å². The summed E-state index contributed by atoms with van der Waals surface area (Å²) >= 11 is 0. The smallest absolute Gasteiger partial charge is 0.308 e. The number of carboxylic acid groups (broad SMARTS) is 1. The van der Waals surface area contributed by atoms with Crippen molar-refractivity contribution in [3.05, 3.63) is 29.8 Å². The summed E-state index contributed by atoms with van der Waals surface area (Å²) in [6, 6.07) is 6.80. The molecule has 1 heterocycles. The highest BCUT2D eigenvalue weighted by atomic mass is 16.5. The zero-order chi connectivity index (χ0) is 17.0. The molecular weight excluding hydrogens is 294 g/mol. The number of benzene rings is 1. The highest BCUT2D eigenvalue weighted by molar-refractivity contribution is 5.95. The third-order valence-electron chi connectivity index (χ3n) is 4.40. The summed E-state index contributed by atoms with van der Waals surface area (Å²) in [5.74, 6) is -0.0796. The number of carboxylic acids is 1. The van der Waals surface area contributed by atoms with Gasteiger partial charge < -0.3 is 14.7 Å². The maximum absolute atomic E-state index is 12.5. The van der Waals surface area contributed by atoms with Crippen LogP contribution in [0.2, 0.25) is 0 Å². The Bertz CT molecular complexity index is 553. The lowest BCUT2D eigenvalue weighted by Gasteiger charge is -2.23. The number of carbonyl (C=O) groups is 2. The van der Waals surface area contributed by atoms with Crippen molar-refractivity contribution in [3.8, 4) is 5.75 Å². The summed E-state index contributed by atoms with van der Waals surface area (Å²) in [7, 11) is 0. The normalized spacial score (nSPS) is 20.8. The molecule has 5 heteroatoms. The van der Waals surface area contributed by atoms with Crippen LogP contribution in [0.3, 0.4) is 0 Å². The number of aliphatic carboxylic acids is 1. The van der Waals surface area contributed by atoms with Gasteiger partial charge in [0.05, 0.1) is 12.5 Å². The van der Waals surface area contributed by atoms with Crippen LogP contribution in [0.4, 0.5) is 0 Å². The van der Waals surface area contributed by atoms with E-state index in [1.54, 1.807) is 36.1 Å². The van der Waals surface area contributed by atoms with Gasteiger partial charge in [-0.15, -0.1) is 0 Å². The SMILES string of the molecule is CC(C)CCOc1ccc(C(=O)N2CCC(C(=O)O)C2C)cc1. The van der Waals surface area contributed by atoms with E-state index in [1.165, 1.54) is 0 Å². The molecule has 1 aliphatic rings. The van der Waals surface area contributed by atoms with Gasteiger partial charge in [0.2, 0.25) is 0 Å². The lowest BCUT2D eigenvalue weighted by atomic mass is 10.0. The Morgan fingerprint density at radius 2 is 1.96 bits per heavy atom. The second-order valence-corrected chi connectivity index (χ2v) is 6.53. The number of carbonyl (C=O) groups excluding carboxylic acids is 1. The zero-order valence-corrected chi connectivity index (χ0v) is 14.0. The number of ether oxygens (including phenoxy) is 1. The van der Waals surface area contributed by atoms with E-state index in [0.29, 0.717) is 31.1 Å². The van der Waals surface area contributed by atoms with Crippen molar-refractivity contribution >= 4 is 11.9 Å². The zero-order valence-electron chi connectivity index (χ0n) is 14.0. The molecule has 23 heavy (non-hydrogen) atoms. The third-order valence-corrected chi connectivity index (χ3v) is 4.40. The fraction of sp³-hybridized carbons (Fsp3) is 0.556. The lowest BCUT2D eigenvalue weighted by Crippen LogP contribution is -2.37. The molecule has 2 atom stereocenters. The number of likely N-dealkylation sites (tertiary alicyclic amines) is 1. The van der Waals surface area contributed by atoms with Crippen LogP contribution in [0.1, 0.15) is 44.0 Å². The summed E-state index contributed by atoms with van der Waals surface area (Å²) in [6.45, 7) is 7.24. The van der Waals surface area contributed by atoms with Gasteiger partial charge in [-0.25, -0.2) is 0 Å². The van der Waals surface area contributed by atoms with E-state index in [9.17, 15) is 9.59 Å². The summed E-state index contributed by atoms with van der Waals surface area (Å²) in [6.07, 6.45) is 1.50. The minimum absolute atomic E-state index is 0.116. The maximum Gasteiger partial charge on any atom is 0.308 e. The van der Waals surface area contributed by atoms with Gasteiger partial charge in [-0.2, -0.15) is 0 Å². The van der Waals surface area contributed by atoms with Crippen molar-refractivity contribution in [1.82, 2.24) is 4.90 Å². The highest BCUT2D eigenvalue weighted by Crippen LogP contribution is 2.26. The molecule has 0 spiro atoms. The van der Waals surface area contributed by atoms with Gasteiger partial charge in [0.1, 0.15) is 5.75 Å². The molecule has 1 aliphatic heterocycles. The molecule has 0 saturated carbocycles.